The van der Waals surface area contributed by atoms with Gasteiger partial charge in [0.1, 0.15) is 5.75 Å². The van der Waals surface area contributed by atoms with Gasteiger partial charge in [-0.15, -0.1) is 0 Å². The maximum atomic E-state index is 11.2. The van der Waals surface area contributed by atoms with Crippen molar-refractivity contribution >= 4 is 6.03 Å². The van der Waals surface area contributed by atoms with Crippen LogP contribution >= 0.6 is 0 Å². The fraction of sp³-hybridized carbons (Fsp3) is 0.364. The summed E-state index contributed by atoms with van der Waals surface area (Å²) in [7, 11) is 1.77. The van der Waals surface area contributed by atoms with Gasteiger partial charge >= 0.3 is 6.03 Å². The third-order valence-electron chi connectivity index (χ3n) is 2.68. The molecule has 4 heteroatoms. The van der Waals surface area contributed by atoms with Gasteiger partial charge < -0.3 is 15.3 Å². The Kier molecular flexibility index (Phi) is 2.49. The molecule has 1 fully saturated rings. The third kappa shape index (κ3) is 2.03. The van der Waals surface area contributed by atoms with E-state index in [4.69, 9.17) is 0 Å². The van der Waals surface area contributed by atoms with E-state index in [-0.39, 0.29) is 17.7 Å². The average molecular weight is 206 g/mol. The molecule has 1 aromatic rings. The van der Waals surface area contributed by atoms with Gasteiger partial charge in [-0.1, -0.05) is 12.1 Å². The first-order valence-electron chi connectivity index (χ1n) is 4.94. The van der Waals surface area contributed by atoms with Crippen LogP contribution in [0.15, 0.2) is 24.3 Å². The lowest BCUT2D eigenvalue weighted by atomic mass is 9.97. The fourth-order valence-electron chi connectivity index (χ4n) is 1.83. The summed E-state index contributed by atoms with van der Waals surface area (Å²) in [6.45, 7) is 1.32. The second kappa shape index (κ2) is 3.81. The van der Waals surface area contributed by atoms with E-state index < -0.39 is 0 Å². The number of amides is 2. The monoisotopic (exact) mass is 206 g/mol. The quantitative estimate of drug-likeness (QED) is 0.723. The molecule has 1 atom stereocenters. The van der Waals surface area contributed by atoms with Crippen molar-refractivity contribution < 1.29 is 9.90 Å². The molecule has 1 aliphatic rings. The molecule has 1 heterocycles. The second-order valence-corrected chi connectivity index (χ2v) is 3.86. The van der Waals surface area contributed by atoms with Crippen LogP contribution in [-0.4, -0.2) is 36.2 Å². The highest BCUT2D eigenvalue weighted by atomic mass is 16.3. The molecule has 2 rings (SSSR count). The van der Waals surface area contributed by atoms with Crippen molar-refractivity contribution in [3.05, 3.63) is 29.8 Å². The lowest BCUT2D eigenvalue weighted by Gasteiger charge is -2.30. The minimum Gasteiger partial charge on any atom is -0.508 e. The molecule has 0 bridgehead atoms. The Morgan fingerprint density at radius 1 is 1.53 bits per heavy atom. The molecular formula is C11H14N2O2. The summed E-state index contributed by atoms with van der Waals surface area (Å²) in [6, 6.07) is 7.15. The summed E-state index contributed by atoms with van der Waals surface area (Å²) < 4.78 is 0. The number of hydrogen-bond donors (Lipinski definition) is 2. The van der Waals surface area contributed by atoms with Crippen LogP contribution in [0.2, 0.25) is 0 Å². The summed E-state index contributed by atoms with van der Waals surface area (Å²) in [4.78, 5) is 12.9. The number of aromatic hydroxyl groups is 1. The Labute approximate surface area is 88.5 Å². The zero-order valence-electron chi connectivity index (χ0n) is 8.60. The number of nitrogens with one attached hydrogen (secondary N) is 1. The summed E-state index contributed by atoms with van der Waals surface area (Å²) in [5, 5.41) is 12.2. The molecule has 2 amide bonds. The first-order chi connectivity index (χ1) is 7.16. The first-order valence-corrected chi connectivity index (χ1v) is 4.94. The molecule has 0 aromatic heterocycles. The molecule has 0 aliphatic carbocycles. The van der Waals surface area contributed by atoms with Crippen molar-refractivity contribution in [1.82, 2.24) is 10.2 Å². The maximum Gasteiger partial charge on any atom is 0.317 e. The molecule has 0 saturated carbocycles. The highest BCUT2D eigenvalue weighted by molar-refractivity contribution is 5.75. The van der Waals surface area contributed by atoms with Crippen LogP contribution < -0.4 is 5.32 Å². The Morgan fingerprint density at radius 2 is 2.33 bits per heavy atom. The number of phenolic OH excluding ortho intramolecular Hbond substituents is 1. The van der Waals surface area contributed by atoms with Gasteiger partial charge in [-0.2, -0.15) is 0 Å². The number of nitrogens with zero attached hydrogens (tertiary/aromatic N) is 1. The Morgan fingerprint density at radius 3 is 3.00 bits per heavy atom. The zero-order chi connectivity index (χ0) is 10.8. The molecule has 2 N–H and O–H groups in total. The predicted octanol–water partition coefficient (Wildman–Crippen LogP) is 1.13. The van der Waals surface area contributed by atoms with Gasteiger partial charge in [0.15, 0.2) is 0 Å². The molecule has 0 radical (unpaired) electrons. The number of urea groups is 1. The number of likely N-dealkylation sites (N-methyl/N-ethyl adjacent to an activating group) is 1. The Hall–Kier alpha value is -1.71. The van der Waals surface area contributed by atoms with Gasteiger partial charge in [0, 0.05) is 26.1 Å². The molecule has 0 spiro atoms. The lowest BCUT2D eigenvalue weighted by Crippen LogP contribution is -2.48. The van der Waals surface area contributed by atoms with Crippen molar-refractivity contribution in [3.63, 3.8) is 0 Å². The topological polar surface area (TPSA) is 52.6 Å². The van der Waals surface area contributed by atoms with E-state index in [0.29, 0.717) is 13.1 Å². The van der Waals surface area contributed by atoms with Crippen LogP contribution in [0, 0.1) is 0 Å². The minimum atomic E-state index is -0.0357. The average Bonchev–Trinajstić information content (AvgIpc) is 2.22. The van der Waals surface area contributed by atoms with Gasteiger partial charge in [0.25, 0.3) is 0 Å². The largest absolute Gasteiger partial charge is 0.508 e. The molecule has 1 saturated heterocycles. The van der Waals surface area contributed by atoms with Crippen LogP contribution in [0.4, 0.5) is 4.79 Å². The van der Waals surface area contributed by atoms with Crippen LogP contribution in [0.5, 0.6) is 5.75 Å². The van der Waals surface area contributed by atoms with Crippen molar-refractivity contribution in [2.24, 2.45) is 0 Å². The molecule has 80 valence electrons. The van der Waals surface area contributed by atoms with Gasteiger partial charge in [-0.3, -0.25) is 0 Å². The molecule has 1 unspecified atom stereocenters. The number of rotatable bonds is 1. The Balaban J connectivity index is 2.15. The normalized spacial score (nSPS) is 21.3. The minimum absolute atomic E-state index is 0.0357. The van der Waals surface area contributed by atoms with E-state index >= 15 is 0 Å². The van der Waals surface area contributed by atoms with Gasteiger partial charge in [0.2, 0.25) is 0 Å². The van der Waals surface area contributed by atoms with E-state index in [2.05, 4.69) is 5.32 Å². The molecular weight excluding hydrogens is 192 g/mol. The second-order valence-electron chi connectivity index (χ2n) is 3.86. The maximum absolute atomic E-state index is 11.2. The molecule has 1 aliphatic heterocycles. The molecule has 4 nitrogen and oxygen atoms in total. The standard InChI is InChI=1S/C11H14N2O2/c1-13-7-9(6-12-11(13)15)8-3-2-4-10(14)5-8/h2-5,9,14H,6-7H2,1H3,(H,12,15). The zero-order valence-corrected chi connectivity index (χ0v) is 8.60. The number of carbonyl (C=O) groups is 1. The first kappa shape index (κ1) is 9.83. The number of carbonyl (C=O) groups excluding carboxylic acids is 1. The van der Waals surface area contributed by atoms with Gasteiger partial charge in [-0.05, 0) is 17.7 Å². The molecule has 15 heavy (non-hydrogen) atoms. The van der Waals surface area contributed by atoms with Crippen molar-refractivity contribution in [1.29, 1.82) is 0 Å². The van der Waals surface area contributed by atoms with E-state index in [1.807, 2.05) is 12.1 Å². The van der Waals surface area contributed by atoms with E-state index in [1.165, 1.54) is 0 Å². The van der Waals surface area contributed by atoms with E-state index in [0.717, 1.165) is 5.56 Å². The van der Waals surface area contributed by atoms with Gasteiger partial charge in [0.05, 0.1) is 0 Å². The number of phenols is 1. The highest BCUT2D eigenvalue weighted by Crippen LogP contribution is 2.22. The summed E-state index contributed by atoms with van der Waals surface area (Å²) >= 11 is 0. The lowest BCUT2D eigenvalue weighted by molar-refractivity contribution is 0.193. The van der Waals surface area contributed by atoms with Crippen LogP contribution in [0.25, 0.3) is 0 Å². The van der Waals surface area contributed by atoms with Crippen molar-refractivity contribution in [3.8, 4) is 5.75 Å². The van der Waals surface area contributed by atoms with Crippen LogP contribution in [-0.2, 0) is 0 Å². The fourth-order valence-corrected chi connectivity index (χ4v) is 1.83. The van der Waals surface area contributed by atoms with E-state index in [1.54, 1.807) is 24.1 Å². The number of benzene rings is 1. The summed E-state index contributed by atoms with van der Waals surface area (Å²) in [6.07, 6.45) is 0. The van der Waals surface area contributed by atoms with Crippen LogP contribution in [0.3, 0.4) is 0 Å². The van der Waals surface area contributed by atoms with Crippen molar-refractivity contribution in [2.45, 2.75) is 5.92 Å². The number of hydrogen-bond acceptors (Lipinski definition) is 2. The Bertz CT molecular complexity index is 379. The highest BCUT2D eigenvalue weighted by Gasteiger charge is 2.23. The third-order valence-corrected chi connectivity index (χ3v) is 2.68. The predicted molar refractivity (Wildman–Crippen MR) is 56.9 cm³/mol. The SMILES string of the molecule is CN1CC(c2cccc(O)c2)CNC1=O. The molecule has 1 aromatic carbocycles. The van der Waals surface area contributed by atoms with E-state index in [9.17, 15) is 9.90 Å². The summed E-state index contributed by atoms with van der Waals surface area (Å²) in [5.41, 5.74) is 1.06. The smallest absolute Gasteiger partial charge is 0.317 e. The van der Waals surface area contributed by atoms with Gasteiger partial charge in [-0.25, -0.2) is 4.79 Å². The van der Waals surface area contributed by atoms with Crippen LogP contribution in [0.1, 0.15) is 11.5 Å². The van der Waals surface area contributed by atoms with Crippen molar-refractivity contribution in [2.75, 3.05) is 20.1 Å². The summed E-state index contributed by atoms with van der Waals surface area (Å²) in [5.74, 6) is 0.520.